The minimum atomic E-state index is -4.37. The predicted octanol–water partition coefficient (Wildman–Crippen LogP) is 0.779. The van der Waals surface area contributed by atoms with Crippen molar-refractivity contribution in [2.75, 3.05) is 11.8 Å². The molecule has 12 heteroatoms. The van der Waals surface area contributed by atoms with Crippen molar-refractivity contribution in [2.45, 2.75) is 4.90 Å². The summed E-state index contributed by atoms with van der Waals surface area (Å²) in [5.74, 6) is -1.82. The summed E-state index contributed by atoms with van der Waals surface area (Å²) in [6, 6.07) is 3.45. The zero-order valence-electron chi connectivity index (χ0n) is 11.4. The Kier molecular flexibility index (Phi) is 4.61. The maximum Gasteiger partial charge on any atom is 0.326 e. The summed E-state index contributed by atoms with van der Waals surface area (Å²) in [6.07, 6.45) is 0.786. The zero-order chi connectivity index (χ0) is 17.2. The lowest BCUT2D eigenvalue weighted by atomic mass is 10.3. The summed E-state index contributed by atoms with van der Waals surface area (Å²) in [6.45, 7) is 0. The molecule has 0 fully saturated rings. The van der Waals surface area contributed by atoms with Gasteiger partial charge in [-0.25, -0.2) is 22.8 Å². The third-order valence-electron chi connectivity index (χ3n) is 2.61. The second kappa shape index (κ2) is 6.30. The third kappa shape index (κ3) is 3.46. The maximum absolute atomic E-state index is 13.9. The number of rotatable bonds is 4. The number of methoxy groups -OCH3 is 1. The standard InChI is InChI=1S/C11H9ClFN4O5S/c1-22-11-10(14-5-8(15-11)17(18)19)16-23(20,21)7-4-2-3-6(12)9(7)13/h2-5,15-16H,1H3/q-1. The van der Waals surface area contributed by atoms with Crippen molar-refractivity contribution in [3.05, 3.63) is 51.1 Å². The Morgan fingerprint density at radius 2 is 2.13 bits per heavy atom. The topological polar surface area (TPSA) is 133 Å². The van der Waals surface area contributed by atoms with Crippen molar-refractivity contribution in [3.8, 4) is 5.88 Å². The number of anilines is 1. The fourth-order valence-corrected chi connectivity index (χ4v) is 2.92. The van der Waals surface area contributed by atoms with Gasteiger partial charge in [0.15, 0.2) is 5.82 Å². The van der Waals surface area contributed by atoms with Crippen molar-refractivity contribution < 1.29 is 17.5 Å². The van der Waals surface area contributed by atoms with Gasteiger partial charge in [0.25, 0.3) is 10.0 Å². The number of nitrogens with one attached hydrogen (secondary N) is 2. The average Bonchev–Trinajstić information content (AvgIpc) is 2.49. The number of sulfonamides is 1. The molecule has 23 heavy (non-hydrogen) atoms. The molecule has 0 saturated carbocycles. The van der Waals surface area contributed by atoms with Gasteiger partial charge < -0.3 is 15.2 Å². The Hall–Kier alpha value is -2.53. The highest BCUT2D eigenvalue weighted by atomic mass is 35.5. The Morgan fingerprint density at radius 3 is 2.74 bits per heavy atom. The second-order valence-corrected chi connectivity index (χ2v) is 6.12. The lowest BCUT2D eigenvalue weighted by Gasteiger charge is -2.12. The molecule has 0 atom stereocenters. The minimum Gasteiger partial charge on any atom is -0.712 e. The summed E-state index contributed by atoms with van der Waals surface area (Å²) in [5, 5.41) is 20.9. The van der Waals surface area contributed by atoms with Crippen LogP contribution >= 0.6 is 11.6 Å². The van der Waals surface area contributed by atoms with Gasteiger partial charge in [-0.05, 0) is 12.1 Å². The molecule has 0 spiro atoms. The van der Waals surface area contributed by atoms with Crippen molar-refractivity contribution in [1.82, 2.24) is 14.9 Å². The fourth-order valence-electron chi connectivity index (χ4n) is 1.58. The van der Waals surface area contributed by atoms with Crippen LogP contribution in [0.25, 0.3) is 0 Å². The number of hydrogen-bond donors (Lipinski definition) is 2. The molecule has 2 N–H and O–H groups in total. The molecular formula is C11H9ClFN4O5S-. The Bertz CT molecular complexity index is 911. The SMILES string of the molecule is COc1[nH]c(=[N+]([O-])[O-])cnc1NS(=O)(=O)c1cccc(Cl)c1F. The summed E-state index contributed by atoms with van der Waals surface area (Å²) in [4.78, 5) is 4.35. The van der Waals surface area contributed by atoms with E-state index in [2.05, 4.69) is 9.97 Å². The molecule has 2 rings (SSSR count). The van der Waals surface area contributed by atoms with Crippen LogP contribution in [-0.4, -0.2) is 25.5 Å². The summed E-state index contributed by atoms with van der Waals surface area (Å²) in [5.41, 5.74) is -0.515. The van der Waals surface area contributed by atoms with Gasteiger partial charge in [-0.15, -0.1) is 0 Å². The number of aromatic nitrogens is 2. The molecule has 0 aliphatic rings. The Labute approximate surface area is 134 Å². The molecule has 0 radical (unpaired) electrons. The molecule has 0 aliphatic heterocycles. The second-order valence-electron chi connectivity index (χ2n) is 4.06. The lowest BCUT2D eigenvalue weighted by Crippen LogP contribution is -2.25. The molecule has 2 aromatic rings. The van der Waals surface area contributed by atoms with E-state index in [4.69, 9.17) is 16.3 Å². The normalized spacial score (nSPS) is 11.1. The number of ether oxygens (including phenoxy) is 1. The quantitative estimate of drug-likeness (QED) is 0.771. The molecule has 1 heterocycles. The van der Waals surface area contributed by atoms with Crippen molar-refractivity contribution >= 4 is 27.4 Å². The van der Waals surface area contributed by atoms with Crippen molar-refractivity contribution in [2.24, 2.45) is 0 Å². The minimum absolute atomic E-state index is 0.315. The largest absolute Gasteiger partial charge is 0.712 e. The van der Waals surface area contributed by atoms with E-state index in [0.717, 1.165) is 19.4 Å². The zero-order valence-corrected chi connectivity index (χ0v) is 13.0. The van der Waals surface area contributed by atoms with E-state index in [-0.39, 0.29) is 16.7 Å². The number of nitrogens with zero attached hydrogens (tertiary/aromatic N) is 2. The van der Waals surface area contributed by atoms with Crippen LogP contribution < -0.4 is 19.8 Å². The Morgan fingerprint density at radius 1 is 1.43 bits per heavy atom. The third-order valence-corrected chi connectivity index (χ3v) is 4.26. The average molecular weight is 364 g/mol. The number of hydrogen-bond acceptors (Lipinski definition) is 6. The van der Waals surface area contributed by atoms with E-state index >= 15 is 0 Å². The molecule has 0 saturated heterocycles. The van der Waals surface area contributed by atoms with Crippen LogP contribution in [-0.2, 0) is 10.0 Å². The van der Waals surface area contributed by atoms with Crippen molar-refractivity contribution in [3.63, 3.8) is 0 Å². The molecule has 0 unspecified atom stereocenters. The van der Waals surface area contributed by atoms with E-state index in [1.54, 1.807) is 0 Å². The molecule has 0 amide bonds. The monoisotopic (exact) mass is 363 g/mol. The molecule has 0 bridgehead atoms. The lowest BCUT2D eigenvalue weighted by molar-refractivity contribution is 0.395. The molecule has 124 valence electrons. The van der Waals surface area contributed by atoms with E-state index in [1.807, 2.05) is 4.72 Å². The summed E-state index contributed by atoms with van der Waals surface area (Å²) < 4.78 is 45.0. The highest BCUT2D eigenvalue weighted by molar-refractivity contribution is 7.92. The van der Waals surface area contributed by atoms with Gasteiger partial charge in [0.1, 0.15) is 11.1 Å². The van der Waals surface area contributed by atoms with Gasteiger partial charge in [-0.1, -0.05) is 17.7 Å². The number of H-pyrrole nitrogens is 1. The first kappa shape index (κ1) is 16.8. The van der Waals surface area contributed by atoms with E-state index < -0.39 is 31.1 Å². The molecule has 1 aromatic heterocycles. The first-order chi connectivity index (χ1) is 10.8. The Balaban J connectivity index is 2.50. The van der Waals surface area contributed by atoms with Crippen LogP contribution in [0, 0.1) is 16.2 Å². The molecule has 9 nitrogen and oxygen atoms in total. The fraction of sp³-hybridized carbons (Fsp3) is 0.0909. The van der Waals surface area contributed by atoms with E-state index in [9.17, 15) is 23.2 Å². The van der Waals surface area contributed by atoms with E-state index in [1.165, 1.54) is 12.1 Å². The summed E-state index contributed by atoms with van der Waals surface area (Å²) in [7, 11) is -3.23. The van der Waals surface area contributed by atoms with Crippen LogP contribution in [0.3, 0.4) is 0 Å². The van der Waals surface area contributed by atoms with Crippen LogP contribution in [0.5, 0.6) is 5.88 Å². The number of aromatic amines is 1. The van der Waals surface area contributed by atoms with Crippen LogP contribution in [0.4, 0.5) is 10.2 Å². The molecular weight excluding hydrogens is 355 g/mol. The van der Waals surface area contributed by atoms with Crippen LogP contribution in [0.2, 0.25) is 5.02 Å². The molecule has 1 aromatic carbocycles. The number of benzene rings is 1. The van der Waals surface area contributed by atoms with Gasteiger partial charge >= 0.3 is 11.4 Å². The first-order valence-corrected chi connectivity index (χ1v) is 7.70. The maximum atomic E-state index is 13.9. The highest BCUT2D eigenvalue weighted by Gasteiger charge is 2.24. The van der Waals surface area contributed by atoms with Gasteiger partial charge in [-0.3, -0.25) is 9.62 Å². The van der Waals surface area contributed by atoms with E-state index in [0.29, 0.717) is 0 Å². The van der Waals surface area contributed by atoms with Crippen LogP contribution in [0.15, 0.2) is 29.3 Å². The highest BCUT2D eigenvalue weighted by Crippen LogP contribution is 2.25. The van der Waals surface area contributed by atoms with Crippen molar-refractivity contribution in [1.29, 1.82) is 0 Å². The number of halogens is 2. The van der Waals surface area contributed by atoms with Gasteiger partial charge in [-0.2, -0.15) is 0 Å². The summed E-state index contributed by atoms with van der Waals surface area (Å²) >= 11 is 5.55. The predicted molar refractivity (Wildman–Crippen MR) is 79.4 cm³/mol. The smallest absolute Gasteiger partial charge is 0.326 e. The first-order valence-electron chi connectivity index (χ1n) is 5.84. The van der Waals surface area contributed by atoms with Gasteiger partial charge in [0.2, 0.25) is 5.82 Å². The van der Waals surface area contributed by atoms with Gasteiger partial charge in [0, 0.05) is 0 Å². The van der Waals surface area contributed by atoms with Crippen LogP contribution in [0.1, 0.15) is 0 Å². The van der Waals surface area contributed by atoms with Gasteiger partial charge in [0.05, 0.1) is 12.1 Å². The molecule has 0 aliphatic carbocycles.